The van der Waals surface area contributed by atoms with E-state index in [1.54, 1.807) is 30.3 Å². The van der Waals surface area contributed by atoms with Crippen molar-refractivity contribution in [3.05, 3.63) is 141 Å². The van der Waals surface area contributed by atoms with Crippen LogP contribution in [-0.4, -0.2) is 99.2 Å². The van der Waals surface area contributed by atoms with Crippen LogP contribution in [-0.2, 0) is 26.0 Å². The lowest BCUT2D eigenvalue weighted by Crippen LogP contribution is -2.42. The zero-order valence-electron chi connectivity index (χ0n) is 42.7. The van der Waals surface area contributed by atoms with Gasteiger partial charge in [-0.1, -0.05) is 58.0 Å². The number of nitrogens with zero attached hydrogens (tertiary/aromatic N) is 8. The van der Waals surface area contributed by atoms with E-state index in [9.17, 15) is 31.4 Å². The summed E-state index contributed by atoms with van der Waals surface area (Å²) in [6, 6.07) is 18.5. The molecule has 0 amide bonds. The molecule has 9 rings (SSSR count). The largest absolute Gasteiger partial charge is 0.448 e. The third-order valence-corrected chi connectivity index (χ3v) is 12.9. The first-order valence-electron chi connectivity index (χ1n) is 24.6. The van der Waals surface area contributed by atoms with E-state index in [0.29, 0.717) is 66.8 Å². The summed E-state index contributed by atoms with van der Waals surface area (Å²) in [6.45, 7) is 12.2. The molecule has 3 aromatic carbocycles. The molecule has 75 heavy (non-hydrogen) atoms. The summed E-state index contributed by atoms with van der Waals surface area (Å²) in [5, 5.41) is 7.78. The summed E-state index contributed by atoms with van der Waals surface area (Å²) in [5.41, 5.74) is 5.97. The maximum absolute atomic E-state index is 14.2. The van der Waals surface area contributed by atoms with Crippen molar-refractivity contribution in [2.75, 3.05) is 68.9 Å². The molecular weight excluding hydrogens is 997 g/mol. The maximum atomic E-state index is 14.2. The van der Waals surface area contributed by atoms with Crippen molar-refractivity contribution >= 4 is 38.8 Å². The van der Waals surface area contributed by atoms with E-state index < -0.39 is 45.2 Å². The molecule has 0 spiro atoms. The number of halogens is 4. The summed E-state index contributed by atoms with van der Waals surface area (Å²) >= 11 is 0. The van der Waals surface area contributed by atoms with E-state index in [4.69, 9.17) is 24.7 Å². The fraction of sp³-hybridized carbons (Fsp3) is 0.396. The second-order valence-electron chi connectivity index (χ2n) is 18.9. The first kappa shape index (κ1) is 55.7. The zero-order chi connectivity index (χ0) is 53.8. The van der Waals surface area contributed by atoms with Crippen molar-refractivity contribution in [2.45, 2.75) is 76.4 Å². The van der Waals surface area contributed by atoms with Crippen molar-refractivity contribution in [3.8, 4) is 23.0 Å². The van der Waals surface area contributed by atoms with Crippen LogP contribution in [0.1, 0.15) is 58.9 Å². The van der Waals surface area contributed by atoms with Gasteiger partial charge in [0, 0.05) is 101 Å². The number of nitrogens with one attached hydrogen (secondary N) is 1. The highest BCUT2D eigenvalue weighted by Crippen LogP contribution is 2.28. The van der Waals surface area contributed by atoms with Crippen molar-refractivity contribution in [2.24, 2.45) is 17.6 Å². The topological polar surface area (TPSA) is 194 Å². The van der Waals surface area contributed by atoms with E-state index in [1.807, 2.05) is 58.0 Å². The van der Waals surface area contributed by atoms with Crippen molar-refractivity contribution in [1.29, 1.82) is 0 Å². The minimum atomic E-state index is -1.54. The van der Waals surface area contributed by atoms with E-state index in [-0.39, 0.29) is 57.4 Å². The van der Waals surface area contributed by atoms with Crippen molar-refractivity contribution in [1.82, 2.24) is 29.3 Å². The second-order valence-corrected chi connectivity index (χ2v) is 20.3. The van der Waals surface area contributed by atoms with Crippen LogP contribution in [0.15, 0.2) is 106 Å². The first-order chi connectivity index (χ1) is 35.9. The monoisotopic (exact) mass is 1060 g/mol. The van der Waals surface area contributed by atoms with Crippen LogP contribution in [0.5, 0.6) is 23.0 Å². The molecule has 0 aliphatic carbocycles. The molecule has 1 unspecified atom stereocenters. The Morgan fingerprint density at radius 2 is 1.16 bits per heavy atom. The van der Waals surface area contributed by atoms with Crippen molar-refractivity contribution in [3.63, 3.8) is 0 Å². The Morgan fingerprint density at radius 3 is 1.63 bits per heavy atom. The molecule has 22 heteroatoms. The van der Waals surface area contributed by atoms with Gasteiger partial charge in [0.15, 0.2) is 45.9 Å². The molecule has 2 aliphatic rings. The Hall–Kier alpha value is -7.01. The molecule has 7 aromatic rings. The molecule has 4 aromatic heterocycles. The number of hydrogen-bond acceptors (Lipinski definition) is 15. The number of benzene rings is 3. The Bertz CT molecular complexity index is 3190. The summed E-state index contributed by atoms with van der Waals surface area (Å²) in [7, 11) is 1.94. The van der Waals surface area contributed by atoms with Gasteiger partial charge >= 0.3 is 11.1 Å². The average molecular weight is 1060 g/mol. The normalized spacial score (nSPS) is 14.5. The Kier molecular flexibility index (Phi) is 19.3. The van der Waals surface area contributed by atoms with Crippen LogP contribution in [0.25, 0.3) is 22.1 Å². The highest BCUT2D eigenvalue weighted by molar-refractivity contribution is 7.84. The summed E-state index contributed by atoms with van der Waals surface area (Å²) in [6.07, 6.45) is 6.82. The maximum Gasteiger partial charge on any atom is 0.313 e. The van der Waals surface area contributed by atoms with Crippen LogP contribution in [0.2, 0.25) is 0 Å². The molecule has 2 aliphatic heterocycles. The third kappa shape index (κ3) is 15.1. The van der Waals surface area contributed by atoms with Gasteiger partial charge in [-0.15, -0.1) is 0 Å². The third-order valence-electron chi connectivity index (χ3n) is 11.7. The second kappa shape index (κ2) is 26.0. The standard InChI is InChI=1S/C25H24F2N4O3S.C23H27F2N5O3.C5H11NO/c1-16(2)14-30(3)31-23-18(11-22(24(31)32)34-21-10-9-19(26)12-20(21)27)13-28-25(29-23)35(33)15-17-7-5-4-6-8-17;1-14(2)13-29(3)30-21-15(12-26-23(28-21)27-17-6-8-32-9-7-17)10-20(22(30)31)33-19-5-4-16(24)11-18(19)25;6-5-1-3-7-4-2-5/h4-13,16H,14-15H2,1-3H3;4-5,10-12,14,17H,6-9,13H2,1-3H3,(H,26,27,28);5H,1-4,6H2. The van der Waals surface area contributed by atoms with Gasteiger partial charge in [-0.25, -0.2) is 32.5 Å². The Balaban J connectivity index is 0.000000193. The number of nitrogens with two attached hydrogens (primary N) is 1. The molecule has 2 saturated heterocycles. The lowest BCUT2D eigenvalue weighted by atomic mass is 10.1. The lowest BCUT2D eigenvalue weighted by Gasteiger charge is -2.26. The quantitative estimate of drug-likeness (QED) is 0.0737. The molecule has 0 bridgehead atoms. The fourth-order valence-corrected chi connectivity index (χ4v) is 9.14. The van der Waals surface area contributed by atoms with Gasteiger partial charge in [0.25, 0.3) is 0 Å². The summed E-state index contributed by atoms with van der Waals surface area (Å²) < 4.78 is 92.1. The SMILES string of the molecule is CC(C)CN(C)n1c(=O)c(Oc2ccc(F)cc2F)cc2cnc(NC3CCOCC3)nc21.CC(C)CN(C)n1c(=O)c(Oc2ccc(F)cc2F)cc2cnc(S(=O)Cc3ccccc3)nc21.NC1CCOCC1. The van der Waals surface area contributed by atoms with Gasteiger partial charge in [-0.2, -0.15) is 14.3 Å². The number of aromatic nitrogens is 6. The van der Waals surface area contributed by atoms with Gasteiger partial charge in [0.1, 0.15) is 11.6 Å². The number of anilines is 1. The van der Waals surface area contributed by atoms with E-state index in [0.717, 1.165) is 68.7 Å². The molecule has 0 saturated carbocycles. The predicted octanol–water partition coefficient (Wildman–Crippen LogP) is 8.19. The number of pyridine rings is 2. The van der Waals surface area contributed by atoms with E-state index >= 15 is 0 Å². The average Bonchev–Trinajstić information content (AvgIpc) is 3.37. The molecule has 6 heterocycles. The highest BCUT2D eigenvalue weighted by atomic mass is 32.2. The summed E-state index contributed by atoms with van der Waals surface area (Å²) in [4.78, 5) is 44.5. The van der Waals surface area contributed by atoms with Gasteiger partial charge in [-0.3, -0.25) is 13.8 Å². The lowest BCUT2D eigenvalue weighted by molar-refractivity contribution is 0.0866. The molecular formula is C53H62F4N10O7S. The number of fused-ring (bicyclic) bond motifs is 2. The van der Waals surface area contributed by atoms with Gasteiger partial charge in [-0.05, 0) is 79.5 Å². The molecule has 17 nitrogen and oxygen atoms in total. The molecule has 400 valence electrons. The number of hydrogen-bond donors (Lipinski definition) is 2. The molecule has 3 N–H and O–H groups in total. The minimum Gasteiger partial charge on any atom is -0.448 e. The van der Waals surface area contributed by atoms with Gasteiger partial charge < -0.3 is 40.0 Å². The predicted molar refractivity (Wildman–Crippen MR) is 280 cm³/mol. The van der Waals surface area contributed by atoms with Crippen molar-refractivity contribution < 1.29 is 40.7 Å². The summed E-state index contributed by atoms with van der Waals surface area (Å²) in [5.74, 6) is -3.05. The first-order valence-corrected chi connectivity index (χ1v) is 25.9. The smallest absolute Gasteiger partial charge is 0.313 e. The minimum absolute atomic E-state index is 0.0886. The van der Waals surface area contributed by atoms with Crippen LogP contribution in [0.3, 0.4) is 0 Å². The number of ether oxygens (including phenoxy) is 4. The number of rotatable bonds is 15. The van der Waals surface area contributed by atoms with Crippen LogP contribution in [0, 0.1) is 35.1 Å². The van der Waals surface area contributed by atoms with Gasteiger partial charge in [0.05, 0.1) is 16.6 Å². The highest BCUT2D eigenvalue weighted by Gasteiger charge is 2.23. The van der Waals surface area contributed by atoms with Crippen LogP contribution >= 0.6 is 0 Å². The van der Waals surface area contributed by atoms with Gasteiger partial charge in [0.2, 0.25) is 11.1 Å². The Labute approximate surface area is 434 Å². The van der Waals surface area contributed by atoms with Crippen LogP contribution < -0.4 is 41.7 Å². The Morgan fingerprint density at radius 1 is 0.680 bits per heavy atom. The zero-order valence-corrected chi connectivity index (χ0v) is 43.5. The molecule has 1 atom stereocenters. The van der Waals surface area contributed by atoms with Crippen LogP contribution in [0.4, 0.5) is 23.5 Å². The van der Waals surface area contributed by atoms with E-state index in [2.05, 4.69) is 25.3 Å². The van der Waals surface area contributed by atoms with E-state index in [1.165, 1.54) is 27.7 Å². The molecule has 2 fully saturated rings. The fourth-order valence-electron chi connectivity index (χ4n) is 8.16. The molecule has 0 radical (unpaired) electrons.